The molecule has 1 atom stereocenters. The lowest BCUT2D eigenvalue weighted by Crippen LogP contribution is -2.55. The summed E-state index contributed by atoms with van der Waals surface area (Å²) in [6, 6.07) is 16.4. The van der Waals surface area contributed by atoms with Crippen LogP contribution in [0.25, 0.3) is 0 Å². The predicted octanol–water partition coefficient (Wildman–Crippen LogP) is 3.57. The molecule has 2 aromatic carbocycles. The van der Waals surface area contributed by atoms with Crippen molar-refractivity contribution in [2.75, 3.05) is 37.7 Å². The predicted molar refractivity (Wildman–Crippen MR) is 152 cm³/mol. The molecule has 0 aliphatic carbocycles. The van der Waals surface area contributed by atoms with Crippen molar-refractivity contribution in [2.24, 2.45) is 0 Å². The second-order valence-electron chi connectivity index (χ2n) is 11.6. The fourth-order valence-electron chi connectivity index (χ4n) is 5.39. The van der Waals surface area contributed by atoms with Crippen molar-refractivity contribution in [1.82, 2.24) is 10.2 Å². The minimum Gasteiger partial charge on any atom is -0.456 e. The van der Waals surface area contributed by atoms with Gasteiger partial charge >= 0.3 is 12.1 Å². The third-order valence-electron chi connectivity index (χ3n) is 7.34. The lowest BCUT2D eigenvalue weighted by Gasteiger charge is -2.41. The molecule has 0 bridgehead atoms. The molecule has 1 saturated heterocycles. The van der Waals surface area contributed by atoms with Crippen LogP contribution in [-0.2, 0) is 40.6 Å². The number of carbonyl (C=O) groups excluding carboxylic acids is 4. The second-order valence-corrected chi connectivity index (χ2v) is 11.6. The van der Waals surface area contributed by atoms with Crippen molar-refractivity contribution in [2.45, 2.75) is 64.2 Å². The third-order valence-corrected chi connectivity index (χ3v) is 7.34. The van der Waals surface area contributed by atoms with Gasteiger partial charge in [-0.15, -0.1) is 0 Å². The lowest BCUT2D eigenvalue weighted by molar-refractivity contribution is -0.145. The van der Waals surface area contributed by atoms with E-state index in [2.05, 4.69) is 5.32 Å². The molecule has 2 aliphatic heterocycles. The van der Waals surface area contributed by atoms with Crippen LogP contribution in [0.5, 0.6) is 0 Å². The van der Waals surface area contributed by atoms with E-state index >= 15 is 0 Å². The standard InChI is InChI=1S/C31H39N3O7/c1-22(35)40-20-27(36)34-21-31(24-12-8-9-13-26(24)34)14-16-33(17-15-31)28(37)25(32-29(38)41-30(2,3)4)19-39-18-23-10-6-5-7-11-23/h5-13,25H,14-21H2,1-4H3,(H,32,38)/t25-/m1/s1. The van der Waals surface area contributed by atoms with Gasteiger partial charge in [-0.1, -0.05) is 48.5 Å². The Labute approximate surface area is 240 Å². The minimum absolute atomic E-state index is 0.00409. The number of nitrogens with zero attached hydrogens (tertiary/aromatic N) is 2. The summed E-state index contributed by atoms with van der Waals surface area (Å²) in [5.74, 6) is -1.03. The van der Waals surface area contributed by atoms with E-state index < -0.39 is 23.7 Å². The Hall–Kier alpha value is -3.92. The van der Waals surface area contributed by atoms with Crippen LogP contribution in [0.2, 0.25) is 0 Å². The number of hydrogen-bond donors (Lipinski definition) is 1. The maximum atomic E-state index is 13.7. The largest absolute Gasteiger partial charge is 0.456 e. The monoisotopic (exact) mass is 565 g/mol. The van der Waals surface area contributed by atoms with Gasteiger partial charge in [0.1, 0.15) is 11.6 Å². The first-order valence-electron chi connectivity index (χ1n) is 13.9. The molecule has 0 unspecified atom stereocenters. The smallest absolute Gasteiger partial charge is 0.408 e. The molecular weight excluding hydrogens is 526 g/mol. The van der Waals surface area contributed by atoms with Crippen molar-refractivity contribution < 1.29 is 33.4 Å². The highest BCUT2D eigenvalue weighted by atomic mass is 16.6. The molecule has 0 radical (unpaired) electrons. The summed E-state index contributed by atoms with van der Waals surface area (Å²) in [5.41, 5.74) is 1.79. The molecule has 3 amide bonds. The van der Waals surface area contributed by atoms with Crippen molar-refractivity contribution in [3.8, 4) is 0 Å². The van der Waals surface area contributed by atoms with Crippen molar-refractivity contribution in [3.05, 3.63) is 65.7 Å². The van der Waals surface area contributed by atoms with Gasteiger partial charge in [-0.3, -0.25) is 14.4 Å². The number of benzene rings is 2. The van der Waals surface area contributed by atoms with Crippen LogP contribution in [0.4, 0.5) is 10.5 Å². The third kappa shape index (κ3) is 7.64. The molecule has 220 valence electrons. The number of anilines is 1. The highest BCUT2D eigenvalue weighted by Crippen LogP contribution is 2.47. The fourth-order valence-corrected chi connectivity index (χ4v) is 5.39. The molecule has 0 aromatic heterocycles. The number of likely N-dealkylation sites (tertiary alicyclic amines) is 1. The molecule has 1 fully saturated rings. The van der Waals surface area contributed by atoms with Gasteiger partial charge in [0, 0.05) is 37.7 Å². The Kier molecular flexibility index (Phi) is 9.32. The summed E-state index contributed by atoms with van der Waals surface area (Å²) < 4.78 is 16.2. The van der Waals surface area contributed by atoms with Gasteiger partial charge in [0.2, 0.25) is 5.91 Å². The van der Waals surface area contributed by atoms with E-state index in [1.54, 1.807) is 30.6 Å². The van der Waals surface area contributed by atoms with Gasteiger partial charge in [-0.25, -0.2) is 4.79 Å². The maximum absolute atomic E-state index is 13.7. The molecule has 0 saturated carbocycles. The molecule has 10 nitrogen and oxygen atoms in total. The van der Waals surface area contributed by atoms with E-state index in [9.17, 15) is 19.2 Å². The molecule has 2 heterocycles. The average Bonchev–Trinajstić information content (AvgIpc) is 3.24. The number of amides is 3. The van der Waals surface area contributed by atoms with Crippen LogP contribution in [0.1, 0.15) is 51.7 Å². The van der Waals surface area contributed by atoms with Crippen molar-refractivity contribution in [3.63, 3.8) is 0 Å². The number of alkyl carbamates (subject to hydrolysis) is 1. The topological polar surface area (TPSA) is 114 Å². The fraction of sp³-hybridized carbons (Fsp3) is 0.484. The number of piperidine rings is 1. The summed E-state index contributed by atoms with van der Waals surface area (Å²) in [6.45, 7) is 7.90. The minimum atomic E-state index is -0.916. The Morgan fingerprint density at radius 2 is 1.63 bits per heavy atom. The van der Waals surface area contributed by atoms with E-state index in [0.717, 1.165) is 16.8 Å². The Morgan fingerprint density at radius 1 is 0.976 bits per heavy atom. The SMILES string of the molecule is CC(=O)OCC(=O)N1CC2(CCN(C(=O)[C@@H](COCc3ccccc3)NC(=O)OC(C)(C)C)CC2)c2ccccc21. The number of rotatable bonds is 8. The van der Waals surface area contributed by atoms with E-state index in [-0.39, 0.29) is 30.4 Å². The number of nitrogens with one attached hydrogen (secondary N) is 1. The van der Waals surface area contributed by atoms with Crippen LogP contribution >= 0.6 is 0 Å². The quantitative estimate of drug-likeness (QED) is 0.487. The van der Waals surface area contributed by atoms with Crippen molar-refractivity contribution >= 4 is 29.6 Å². The van der Waals surface area contributed by atoms with Gasteiger partial charge in [-0.05, 0) is 50.8 Å². The Morgan fingerprint density at radius 3 is 2.29 bits per heavy atom. The first-order chi connectivity index (χ1) is 19.5. The number of esters is 1. The van der Waals surface area contributed by atoms with Crippen LogP contribution in [0, 0.1) is 0 Å². The highest BCUT2D eigenvalue weighted by Gasteiger charge is 2.47. The second kappa shape index (κ2) is 12.7. The van der Waals surface area contributed by atoms with E-state index in [0.29, 0.717) is 39.1 Å². The van der Waals surface area contributed by atoms with Crippen molar-refractivity contribution in [1.29, 1.82) is 0 Å². The summed E-state index contributed by atoms with van der Waals surface area (Å²) >= 11 is 0. The van der Waals surface area contributed by atoms with Gasteiger partial charge in [-0.2, -0.15) is 0 Å². The first kappa shape index (κ1) is 30.0. The first-order valence-corrected chi connectivity index (χ1v) is 13.9. The molecule has 1 spiro atoms. The average molecular weight is 566 g/mol. The number of para-hydroxylation sites is 1. The molecule has 4 rings (SSSR count). The molecule has 2 aliphatic rings. The van der Waals surface area contributed by atoms with Crippen LogP contribution in [0.15, 0.2) is 54.6 Å². The maximum Gasteiger partial charge on any atom is 0.408 e. The highest BCUT2D eigenvalue weighted by molar-refractivity contribution is 5.98. The summed E-state index contributed by atoms with van der Waals surface area (Å²) in [5, 5.41) is 2.71. The number of fused-ring (bicyclic) bond motifs is 2. The molecule has 2 aromatic rings. The lowest BCUT2D eigenvalue weighted by atomic mass is 9.74. The van der Waals surface area contributed by atoms with Gasteiger partial charge in [0.25, 0.3) is 5.91 Å². The summed E-state index contributed by atoms with van der Waals surface area (Å²) in [6.07, 6.45) is 0.591. The van der Waals surface area contributed by atoms with Gasteiger partial charge in [0.05, 0.1) is 13.2 Å². The summed E-state index contributed by atoms with van der Waals surface area (Å²) in [4.78, 5) is 53.9. The molecule has 10 heteroatoms. The number of ether oxygens (including phenoxy) is 3. The van der Waals surface area contributed by atoms with Crippen LogP contribution in [-0.4, -0.2) is 73.3 Å². The zero-order chi connectivity index (χ0) is 29.6. The van der Waals surface area contributed by atoms with Gasteiger partial charge in [0.15, 0.2) is 6.61 Å². The van der Waals surface area contributed by atoms with Crippen LogP contribution in [0.3, 0.4) is 0 Å². The Balaban J connectivity index is 1.43. The number of carbonyl (C=O) groups is 4. The van der Waals surface area contributed by atoms with Gasteiger partial charge < -0.3 is 29.3 Å². The van der Waals surface area contributed by atoms with E-state index in [1.807, 2.05) is 54.6 Å². The van der Waals surface area contributed by atoms with E-state index in [1.165, 1.54) is 6.92 Å². The van der Waals surface area contributed by atoms with Crippen LogP contribution < -0.4 is 10.2 Å². The molecule has 41 heavy (non-hydrogen) atoms. The summed E-state index contributed by atoms with van der Waals surface area (Å²) in [7, 11) is 0. The Bertz CT molecular complexity index is 1250. The zero-order valence-corrected chi connectivity index (χ0v) is 24.2. The molecular formula is C31H39N3O7. The van der Waals surface area contributed by atoms with E-state index in [4.69, 9.17) is 14.2 Å². The normalized spacial score (nSPS) is 16.6. The zero-order valence-electron chi connectivity index (χ0n) is 24.2. The number of hydrogen-bond acceptors (Lipinski definition) is 7. The molecule has 1 N–H and O–H groups in total.